The molecule has 2 atom stereocenters. The Bertz CT molecular complexity index is 638. The van der Waals surface area contributed by atoms with E-state index in [1.807, 2.05) is 6.92 Å². The maximum Gasteiger partial charge on any atom is 0.262 e. The van der Waals surface area contributed by atoms with Gasteiger partial charge in [-0.15, -0.1) is 16.1 Å². The number of nitrogens with zero attached hydrogens (tertiary/aromatic N) is 1. The summed E-state index contributed by atoms with van der Waals surface area (Å²) in [5, 5.41) is 0. The van der Waals surface area contributed by atoms with Gasteiger partial charge in [-0.2, -0.15) is 0 Å². The van der Waals surface area contributed by atoms with Crippen LogP contribution in [0.1, 0.15) is 38.1 Å². The van der Waals surface area contributed by atoms with Gasteiger partial charge in [0.15, 0.2) is 0 Å². The first-order chi connectivity index (χ1) is 10.7. The standard InChI is InChI=1S/C16H20F2N2OS2/c1-10-14(22-9-19-10)12-7-5-11(6-8-12)13(15(17)18)20-23(21)16(2,3)4/h5-9,13,15,20H,1-4H3. The molecule has 0 radical (unpaired) electrons. The fourth-order valence-electron chi connectivity index (χ4n) is 1.98. The van der Waals surface area contributed by atoms with Crippen LogP contribution in [0.4, 0.5) is 8.78 Å². The first-order valence-corrected chi connectivity index (χ1v) is 9.19. The second kappa shape index (κ2) is 7.25. The molecule has 1 N–H and O–H groups in total. The summed E-state index contributed by atoms with van der Waals surface area (Å²) >= 11 is -0.0513. The van der Waals surface area contributed by atoms with Crippen LogP contribution < -0.4 is 4.72 Å². The predicted octanol–water partition coefficient (Wildman–Crippen LogP) is 4.48. The van der Waals surface area contributed by atoms with Crippen molar-refractivity contribution in [3.8, 4) is 10.4 Å². The van der Waals surface area contributed by atoms with E-state index in [2.05, 4.69) is 9.71 Å². The normalized spacial score (nSPS) is 15.0. The number of halogens is 2. The Hall–Kier alpha value is -1.02. The molecule has 0 saturated carbocycles. The first-order valence-electron chi connectivity index (χ1n) is 7.17. The van der Waals surface area contributed by atoms with Gasteiger partial charge in [-0.05, 0) is 38.8 Å². The Kier molecular flexibility index (Phi) is 5.78. The highest BCUT2D eigenvalue weighted by Crippen LogP contribution is 2.30. The van der Waals surface area contributed by atoms with Crippen LogP contribution in [0.5, 0.6) is 0 Å². The maximum absolute atomic E-state index is 13.4. The van der Waals surface area contributed by atoms with Crippen molar-refractivity contribution < 1.29 is 13.3 Å². The SMILES string of the molecule is Cc1ncsc1-c1ccc(C(N[S+]([O-])C(C)(C)C)C(F)F)cc1. The quantitative estimate of drug-likeness (QED) is 0.802. The van der Waals surface area contributed by atoms with Gasteiger partial charge in [0.25, 0.3) is 6.43 Å². The van der Waals surface area contributed by atoms with Crippen molar-refractivity contribution in [1.82, 2.24) is 9.71 Å². The third kappa shape index (κ3) is 4.50. The van der Waals surface area contributed by atoms with Crippen molar-refractivity contribution in [1.29, 1.82) is 0 Å². The number of nitrogens with one attached hydrogen (secondary N) is 1. The largest absolute Gasteiger partial charge is 0.598 e. The van der Waals surface area contributed by atoms with Crippen LogP contribution in [0.3, 0.4) is 0 Å². The smallest absolute Gasteiger partial charge is 0.262 e. The zero-order valence-electron chi connectivity index (χ0n) is 13.5. The number of hydrogen-bond donors (Lipinski definition) is 1. The second-order valence-electron chi connectivity index (χ2n) is 6.20. The van der Waals surface area contributed by atoms with Crippen molar-refractivity contribution in [3.05, 3.63) is 41.0 Å². The van der Waals surface area contributed by atoms with Crippen LogP contribution in [0.15, 0.2) is 29.8 Å². The van der Waals surface area contributed by atoms with Gasteiger partial charge in [-0.3, -0.25) is 0 Å². The van der Waals surface area contributed by atoms with Crippen LogP contribution in [0.2, 0.25) is 0 Å². The Morgan fingerprint density at radius 3 is 2.26 bits per heavy atom. The summed E-state index contributed by atoms with van der Waals surface area (Å²) in [6, 6.07) is 5.64. The molecule has 7 heteroatoms. The van der Waals surface area contributed by atoms with Crippen LogP contribution in [0.25, 0.3) is 10.4 Å². The summed E-state index contributed by atoms with van der Waals surface area (Å²) in [7, 11) is 0. The van der Waals surface area contributed by atoms with E-state index >= 15 is 0 Å². The molecule has 3 nitrogen and oxygen atoms in total. The lowest BCUT2D eigenvalue weighted by atomic mass is 10.0. The summed E-state index contributed by atoms with van der Waals surface area (Å²) in [6.45, 7) is 7.15. The average Bonchev–Trinajstić information content (AvgIpc) is 2.89. The molecule has 0 fully saturated rings. The lowest BCUT2D eigenvalue weighted by Gasteiger charge is -2.27. The van der Waals surface area contributed by atoms with E-state index in [0.29, 0.717) is 5.56 Å². The topological polar surface area (TPSA) is 48.0 Å². The molecule has 2 unspecified atom stereocenters. The van der Waals surface area contributed by atoms with Crippen LogP contribution >= 0.6 is 11.3 Å². The van der Waals surface area contributed by atoms with Crippen molar-refractivity contribution in [3.63, 3.8) is 0 Å². The summed E-state index contributed by atoms with van der Waals surface area (Å²) in [6.07, 6.45) is -2.64. The molecule has 0 aliphatic rings. The Labute approximate surface area is 142 Å². The van der Waals surface area contributed by atoms with Gasteiger partial charge >= 0.3 is 0 Å². The predicted molar refractivity (Wildman–Crippen MR) is 92.1 cm³/mol. The highest BCUT2D eigenvalue weighted by Gasteiger charge is 2.33. The van der Waals surface area contributed by atoms with E-state index in [9.17, 15) is 13.3 Å². The maximum atomic E-state index is 13.4. The Balaban J connectivity index is 2.22. The van der Waals surface area contributed by atoms with Crippen LogP contribution in [-0.2, 0) is 11.4 Å². The molecular formula is C16H20F2N2OS2. The monoisotopic (exact) mass is 358 g/mol. The van der Waals surface area contributed by atoms with Crippen LogP contribution in [-0.4, -0.2) is 20.7 Å². The molecular weight excluding hydrogens is 338 g/mol. The molecule has 126 valence electrons. The zero-order chi connectivity index (χ0) is 17.2. The number of aromatic nitrogens is 1. The van der Waals surface area contributed by atoms with Gasteiger partial charge in [0.2, 0.25) is 0 Å². The molecule has 1 aromatic carbocycles. The van der Waals surface area contributed by atoms with Gasteiger partial charge in [0, 0.05) is 11.4 Å². The highest BCUT2D eigenvalue weighted by molar-refractivity contribution is 7.90. The third-order valence-electron chi connectivity index (χ3n) is 3.32. The van der Waals surface area contributed by atoms with Gasteiger partial charge in [-0.1, -0.05) is 24.3 Å². The van der Waals surface area contributed by atoms with Crippen molar-refractivity contribution in [2.24, 2.45) is 0 Å². The fourth-order valence-corrected chi connectivity index (χ4v) is 3.61. The lowest BCUT2D eigenvalue weighted by Crippen LogP contribution is -2.43. The van der Waals surface area contributed by atoms with Crippen molar-refractivity contribution in [2.45, 2.75) is 44.9 Å². The Morgan fingerprint density at radius 1 is 1.22 bits per heavy atom. The van der Waals surface area contributed by atoms with Crippen LogP contribution in [0, 0.1) is 6.92 Å². The fraction of sp³-hybridized carbons (Fsp3) is 0.438. The van der Waals surface area contributed by atoms with Gasteiger partial charge in [0.1, 0.15) is 10.8 Å². The molecule has 1 aromatic heterocycles. The number of thiazole rings is 1. The molecule has 0 bridgehead atoms. The molecule has 0 aliphatic heterocycles. The minimum atomic E-state index is -2.64. The van der Waals surface area contributed by atoms with E-state index in [1.165, 1.54) is 11.3 Å². The van der Waals surface area contributed by atoms with Crippen molar-refractivity contribution >= 4 is 22.7 Å². The lowest BCUT2D eigenvalue weighted by molar-refractivity contribution is 0.109. The van der Waals surface area contributed by atoms with Gasteiger partial charge in [0.05, 0.1) is 16.1 Å². The van der Waals surface area contributed by atoms with E-state index in [1.54, 1.807) is 50.5 Å². The van der Waals surface area contributed by atoms with E-state index in [4.69, 9.17) is 0 Å². The Morgan fingerprint density at radius 2 is 1.83 bits per heavy atom. The summed E-state index contributed by atoms with van der Waals surface area (Å²) in [5.74, 6) is 0. The van der Waals surface area contributed by atoms with E-state index in [0.717, 1.165) is 16.1 Å². The molecule has 0 amide bonds. The first kappa shape index (κ1) is 18.3. The number of aryl methyl sites for hydroxylation is 1. The second-order valence-corrected chi connectivity index (χ2v) is 9.05. The van der Waals surface area contributed by atoms with Gasteiger partial charge in [-0.25, -0.2) is 13.8 Å². The summed E-state index contributed by atoms with van der Waals surface area (Å²) < 4.78 is 40.8. The molecule has 2 aromatic rings. The summed E-state index contributed by atoms with van der Waals surface area (Å²) in [5.41, 5.74) is 4.04. The minimum absolute atomic E-state index is 0.420. The third-order valence-corrected chi connectivity index (χ3v) is 5.88. The summed E-state index contributed by atoms with van der Waals surface area (Å²) in [4.78, 5) is 5.22. The average molecular weight is 358 g/mol. The minimum Gasteiger partial charge on any atom is -0.598 e. The molecule has 0 spiro atoms. The number of benzene rings is 1. The molecule has 0 saturated heterocycles. The molecule has 0 aliphatic carbocycles. The van der Waals surface area contributed by atoms with E-state index < -0.39 is 28.6 Å². The number of alkyl halides is 2. The van der Waals surface area contributed by atoms with Gasteiger partial charge < -0.3 is 4.55 Å². The zero-order valence-corrected chi connectivity index (χ0v) is 15.1. The molecule has 1 heterocycles. The van der Waals surface area contributed by atoms with Crippen molar-refractivity contribution in [2.75, 3.05) is 0 Å². The number of rotatable bonds is 5. The molecule has 23 heavy (non-hydrogen) atoms. The number of hydrogen-bond acceptors (Lipinski definition) is 4. The van der Waals surface area contributed by atoms with E-state index in [-0.39, 0.29) is 0 Å². The highest BCUT2D eigenvalue weighted by atomic mass is 32.2. The molecule has 2 rings (SSSR count).